The van der Waals surface area contributed by atoms with Crippen molar-refractivity contribution >= 4 is 11.9 Å². The van der Waals surface area contributed by atoms with Crippen molar-refractivity contribution in [3.05, 3.63) is 82.3 Å². The highest BCUT2D eigenvalue weighted by atomic mass is 19.1. The number of piperidine rings is 1. The lowest BCUT2D eigenvalue weighted by Crippen LogP contribution is -2.54. The Morgan fingerprint density at radius 2 is 1.88 bits per heavy atom. The summed E-state index contributed by atoms with van der Waals surface area (Å²) in [5, 5.41) is 4.42. The second kappa shape index (κ2) is 10.7. The molecular formula is C32H38FN5O4. The van der Waals surface area contributed by atoms with Crippen molar-refractivity contribution in [2.75, 3.05) is 40.4 Å². The number of urea groups is 1. The van der Waals surface area contributed by atoms with Gasteiger partial charge in [0.15, 0.2) is 0 Å². The third kappa shape index (κ3) is 4.35. The number of ether oxygens (including phenoxy) is 2. The smallest absolute Gasteiger partial charge is 0.325 e. The van der Waals surface area contributed by atoms with E-state index in [0.29, 0.717) is 62.4 Å². The predicted molar refractivity (Wildman–Crippen MR) is 155 cm³/mol. The first-order valence-electron chi connectivity index (χ1n) is 14.6. The van der Waals surface area contributed by atoms with E-state index in [1.807, 2.05) is 28.5 Å². The lowest BCUT2D eigenvalue weighted by atomic mass is 9.80. The molecule has 2 unspecified atom stereocenters. The van der Waals surface area contributed by atoms with Gasteiger partial charge in [0.2, 0.25) is 0 Å². The zero-order chi connectivity index (χ0) is 29.8. The molecule has 9 nitrogen and oxygen atoms in total. The van der Waals surface area contributed by atoms with Gasteiger partial charge in [-0.25, -0.2) is 13.9 Å². The van der Waals surface area contributed by atoms with Crippen LogP contribution < -0.4 is 0 Å². The van der Waals surface area contributed by atoms with Crippen LogP contribution >= 0.6 is 0 Å². The first-order chi connectivity index (χ1) is 20.2. The fraction of sp³-hybridized carbons (Fsp3) is 0.469. The number of likely N-dealkylation sites (tertiary alicyclic amines) is 1. The van der Waals surface area contributed by atoms with Crippen molar-refractivity contribution in [2.45, 2.75) is 51.7 Å². The van der Waals surface area contributed by atoms with E-state index < -0.39 is 5.54 Å². The molecule has 2 fully saturated rings. The van der Waals surface area contributed by atoms with E-state index in [0.717, 1.165) is 17.0 Å². The number of rotatable bonds is 5. The fourth-order valence-electron chi connectivity index (χ4n) is 7.30. The average molecular weight is 576 g/mol. The third-order valence-electron chi connectivity index (χ3n) is 9.46. The van der Waals surface area contributed by atoms with Crippen LogP contribution in [0.3, 0.4) is 0 Å². The molecule has 1 aliphatic carbocycles. The van der Waals surface area contributed by atoms with E-state index >= 15 is 0 Å². The summed E-state index contributed by atoms with van der Waals surface area (Å²) in [5.74, 6) is 0.534. The molecule has 10 heteroatoms. The standard InChI is InChI=1S/C32H38FN5O4/c1-6-37-31(40)36-19-22-16-25(41-4)17-27(42-5)29(22)20(2)15-28(36)32(37)11-13-35(14-12-32)30(39)26-18-34-38(21(26)3)24-9-7-23(33)8-10-24/h7-10,15-16,18,20,27H,6,11-14,17,19H2,1-5H3. The quantitative estimate of drug-likeness (QED) is 0.510. The number of methoxy groups -OCH3 is 2. The number of nitrogens with zero attached hydrogens (tertiary/aromatic N) is 5. The number of amides is 3. The Morgan fingerprint density at radius 3 is 2.52 bits per heavy atom. The summed E-state index contributed by atoms with van der Waals surface area (Å²) in [6.45, 7) is 8.15. The minimum absolute atomic E-state index is 0.00722. The highest BCUT2D eigenvalue weighted by Gasteiger charge is 2.55. The van der Waals surface area contributed by atoms with Crippen LogP contribution in [0.5, 0.6) is 0 Å². The van der Waals surface area contributed by atoms with Gasteiger partial charge in [-0.15, -0.1) is 0 Å². The van der Waals surface area contributed by atoms with E-state index in [1.165, 1.54) is 17.7 Å². The van der Waals surface area contributed by atoms with E-state index in [2.05, 4.69) is 24.2 Å². The molecule has 2 atom stereocenters. The first-order valence-corrected chi connectivity index (χ1v) is 14.6. The number of aromatic nitrogens is 2. The van der Waals surface area contributed by atoms with Crippen LogP contribution in [0, 0.1) is 18.7 Å². The van der Waals surface area contributed by atoms with E-state index in [1.54, 1.807) is 37.2 Å². The summed E-state index contributed by atoms with van der Waals surface area (Å²) in [5.41, 5.74) is 4.76. The molecule has 1 aromatic heterocycles. The molecule has 42 heavy (non-hydrogen) atoms. The topological polar surface area (TPSA) is 80.1 Å². The Bertz CT molecular complexity index is 1500. The molecule has 4 heterocycles. The summed E-state index contributed by atoms with van der Waals surface area (Å²) in [7, 11) is 3.40. The SMILES string of the molecule is CCN1C(=O)N2CC3=C(C(C)C=C2C12CCN(C(=O)c1cnn(-c4ccc(F)cc4)c1C)CC2)C(OC)CC(OC)=C3. The summed E-state index contributed by atoms with van der Waals surface area (Å²) in [6, 6.07) is 6.06. The van der Waals surface area contributed by atoms with Gasteiger partial charge in [-0.2, -0.15) is 5.10 Å². The van der Waals surface area contributed by atoms with Crippen molar-refractivity contribution in [2.24, 2.45) is 5.92 Å². The van der Waals surface area contributed by atoms with Gasteiger partial charge in [-0.1, -0.05) is 13.0 Å². The van der Waals surface area contributed by atoms with Crippen molar-refractivity contribution in [1.82, 2.24) is 24.5 Å². The molecule has 0 saturated carbocycles. The highest BCUT2D eigenvalue weighted by Crippen LogP contribution is 2.48. The van der Waals surface area contributed by atoms with Crippen molar-refractivity contribution < 1.29 is 23.5 Å². The first kappa shape index (κ1) is 28.2. The maximum atomic E-state index is 13.9. The molecule has 6 rings (SSSR count). The fourth-order valence-corrected chi connectivity index (χ4v) is 7.30. The van der Waals surface area contributed by atoms with Crippen LogP contribution in [-0.4, -0.2) is 88.5 Å². The molecule has 0 radical (unpaired) electrons. The van der Waals surface area contributed by atoms with Gasteiger partial charge in [0.1, 0.15) is 5.82 Å². The number of likely N-dealkylation sites (N-methyl/N-ethyl adjacent to an activating group) is 1. The second-order valence-electron chi connectivity index (χ2n) is 11.5. The van der Waals surface area contributed by atoms with E-state index in [-0.39, 0.29) is 29.8 Å². The molecule has 3 amide bonds. The van der Waals surface area contributed by atoms with Crippen molar-refractivity contribution in [1.29, 1.82) is 0 Å². The monoisotopic (exact) mass is 575 g/mol. The minimum Gasteiger partial charge on any atom is -0.501 e. The zero-order valence-electron chi connectivity index (χ0n) is 24.9. The Morgan fingerprint density at radius 1 is 1.17 bits per heavy atom. The second-order valence-corrected chi connectivity index (χ2v) is 11.5. The highest BCUT2D eigenvalue weighted by molar-refractivity contribution is 5.95. The molecule has 0 bridgehead atoms. The van der Waals surface area contributed by atoms with Crippen LogP contribution in [0.25, 0.3) is 5.69 Å². The molecule has 1 spiro atoms. The van der Waals surface area contributed by atoms with Gasteiger partial charge < -0.3 is 19.3 Å². The summed E-state index contributed by atoms with van der Waals surface area (Å²) >= 11 is 0. The largest absolute Gasteiger partial charge is 0.501 e. The van der Waals surface area contributed by atoms with Gasteiger partial charge in [-0.05, 0) is 68.2 Å². The molecule has 222 valence electrons. The number of halogens is 1. The Labute approximate surface area is 245 Å². The zero-order valence-corrected chi connectivity index (χ0v) is 24.9. The lowest BCUT2D eigenvalue weighted by Gasteiger charge is -2.44. The summed E-state index contributed by atoms with van der Waals surface area (Å²) < 4.78 is 26.6. The lowest BCUT2D eigenvalue weighted by molar-refractivity contribution is 0.0574. The predicted octanol–water partition coefficient (Wildman–Crippen LogP) is 4.83. The number of allylic oxidation sites excluding steroid dienone is 1. The number of carbonyl (C=O) groups excluding carboxylic acids is 2. The maximum Gasteiger partial charge on any atom is 0.325 e. The molecular weight excluding hydrogens is 537 g/mol. The average Bonchev–Trinajstić information content (AvgIpc) is 3.41. The normalized spacial score (nSPS) is 23.5. The van der Waals surface area contributed by atoms with Gasteiger partial charge in [-0.3, -0.25) is 9.69 Å². The Kier molecular flexibility index (Phi) is 7.21. The number of benzene rings is 1. The minimum atomic E-state index is -0.477. The van der Waals surface area contributed by atoms with Crippen LogP contribution in [0.15, 0.2) is 65.2 Å². The molecule has 0 N–H and O–H groups in total. The Balaban J connectivity index is 1.26. The van der Waals surface area contributed by atoms with E-state index in [9.17, 15) is 14.0 Å². The number of fused-ring (bicyclic) bond motifs is 2. The molecule has 1 aromatic carbocycles. The van der Waals surface area contributed by atoms with Crippen molar-refractivity contribution in [3.8, 4) is 5.69 Å². The molecule has 2 aromatic rings. The van der Waals surface area contributed by atoms with Gasteiger partial charge >= 0.3 is 6.03 Å². The van der Waals surface area contributed by atoms with Gasteiger partial charge in [0.05, 0.1) is 54.2 Å². The maximum absolute atomic E-state index is 13.9. The van der Waals surface area contributed by atoms with Crippen LogP contribution in [-0.2, 0) is 9.47 Å². The summed E-state index contributed by atoms with van der Waals surface area (Å²) in [6.07, 6.45) is 7.78. The summed E-state index contributed by atoms with van der Waals surface area (Å²) in [4.78, 5) is 33.4. The Hall–Kier alpha value is -3.92. The number of carbonyl (C=O) groups is 2. The molecule has 2 saturated heterocycles. The van der Waals surface area contributed by atoms with Gasteiger partial charge in [0, 0.05) is 44.8 Å². The molecule has 3 aliphatic heterocycles. The van der Waals surface area contributed by atoms with Crippen molar-refractivity contribution in [3.63, 3.8) is 0 Å². The number of hydrogen-bond acceptors (Lipinski definition) is 5. The third-order valence-corrected chi connectivity index (χ3v) is 9.46. The van der Waals surface area contributed by atoms with Crippen LogP contribution in [0.4, 0.5) is 9.18 Å². The van der Waals surface area contributed by atoms with Crippen LogP contribution in [0.2, 0.25) is 0 Å². The van der Waals surface area contributed by atoms with E-state index in [4.69, 9.17) is 9.47 Å². The van der Waals surface area contributed by atoms with Gasteiger partial charge in [0.25, 0.3) is 5.91 Å². The molecule has 4 aliphatic rings. The van der Waals surface area contributed by atoms with Crippen LogP contribution in [0.1, 0.15) is 49.2 Å². The number of hydrogen-bond donors (Lipinski definition) is 0.